The average molecular weight is 505 g/mol. The molecule has 0 spiro atoms. The minimum Gasteiger partial charge on any atom is -0.370 e. The van der Waals surface area contributed by atoms with Crippen molar-refractivity contribution in [1.82, 2.24) is 4.90 Å². The molecule has 0 saturated carbocycles. The smallest absolute Gasteiger partial charge is 0.191 e. The van der Waals surface area contributed by atoms with Crippen molar-refractivity contribution in [2.75, 3.05) is 19.6 Å². The maximum absolute atomic E-state index is 6.07. The van der Waals surface area contributed by atoms with E-state index in [9.17, 15) is 0 Å². The Morgan fingerprint density at radius 1 is 1.26 bits per heavy atom. The van der Waals surface area contributed by atoms with Gasteiger partial charge in [-0.15, -0.1) is 35.3 Å². The fraction of sp³-hybridized carbons (Fsp3) is 0.615. The summed E-state index contributed by atoms with van der Waals surface area (Å²) >= 11 is 4.20. The van der Waals surface area contributed by atoms with Crippen molar-refractivity contribution < 1.29 is 0 Å². The molecule has 0 aliphatic carbocycles. The molecule has 1 aliphatic heterocycles. The van der Waals surface area contributed by atoms with Gasteiger partial charge in [0.25, 0.3) is 0 Å². The van der Waals surface area contributed by atoms with Gasteiger partial charge in [0.05, 0.1) is 2.88 Å². The van der Waals surface area contributed by atoms with Crippen LogP contribution in [0.1, 0.15) is 30.6 Å². The summed E-state index contributed by atoms with van der Waals surface area (Å²) < 4.78 is 1.34. The van der Waals surface area contributed by atoms with Gasteiger partial charge in [0.2, 0.25) is 0 Å². The Hall–Kier alpha value is 0.430. The highest BCUT2D eigenvalue weighted by atomic mass is 127. The zero-order valence-corrected chi connectivity index (χ0v) is 16.3. The molecule has 0 bridgehead atoms. The minimum atomic E-state index is 0. The Morgan fingerprint density at radius 2 is 1.95 bits per heavy atom. The average Bonchev–Trinajstić information content (AvgIpc) is 2.63. The second kappa shape index (κ2) is 9.38. The Labute approximate surface area is 150 Å². The number of nitrogens with zero attached hydrogens (tertiary/aromatic N) is 2. The van der Waals surface area contributed by atoms with Crippen molar-refractivity contribution in [2.24, 2.45) is 10.7 Å². The van der Waals surface area contributed by atoms with Gasteiger partial charge in [0.1, 0.15) is 0 Å². The van der Waals surface area contributed by atoms with Crippen LogP contribution in [0.15, 0.2) is 17.1 Å². The first-order valence-corrected chi connectivity index (χ1v) is 8.44. The number of guanidine groups is 1. The summed E-state index contributed by atoms with van der Waals surface area (Å²) in [5, 5.41) is 0. The lowest BCUT2D eigenvalue weighted by Crippen LogP contribution is -2.38. The molecular formula is C13H21I2N3S. The number of aliphatic imine (C=N–C) groups is 1. The van der Waals surface area contributed by atoms with Gasteiger partial charge in [-0.1, -0.05) is 12.8 Å². The van der Waals surface area contributed by atoms with E-state index < -0.39 is 0 Å². The highest BCUT2D eigenvalue weighted by Gasteiger charge is 2.10. The standard InChI is InChI=1S/C13H20IN3S.HI/c14-12-6-5-11(18-12)7-8-16-13(15)17-9-3-1-2-4-10-17;/h5-6H,1-4,7-10H2,(H2,15,16);1H. The molecule has 0 radical (unpaired) electrons. The van der Waals surface area contributed by atoms with Gasteiger partial charge in [0, 0.05) is 30.9 Å². The van der Waals surface area contributed by atoms with Crippen molar-refractivity contribution in [1.29, 1.82) is 0 Å². The zero-order valence-electron chi connectivity index (χ0n) is 11.0. The predicted molar refractivity (Wildman–Crippen MR) is 103 cm³/mol. The molecule has 6 heteroatoms. The number of halogens is 2. The molecule has 1 fully saturated rings. The van der Waals surface area contributed by atoms with E-state index in [0.717, 1.165) is 32.0 Å². The first-order valence-electron chi connectivity index (χ1n) is 6.55. The summed E-state index contributed by atoms with van der Waals surface area (Å²) in [4.78, 5) is 8.16. The fourth-order valence-corrected chi connectivity index (χ4v) is 3.91. The molecule has 3 nitrogen and oxygen atoms in total. The van der Waals surface area contributed by atoms with Gasteiger partial charge in [-0.3, -0.25) is 4.99 Å². The van der Waals surface area contributed by atoms with Crippen molar-refractivity contribution in [3.8, 4) is 0 Å². The summed E-state index contributed by atoms with van der Waals surface area (Å²) in [6.45, 7) is 2.96. The quantitative estimate of drug-likeness (QED) is 0.387. The lowest BCUT2D eigenvalue weighted by molar-refractivity contribution is 0.428. The van der Waals surface area contributed by atoms with Crippen LogP contribution in [0.25, 0.3) is 0 Å². The normalized spacial score (nSPS) is 16.9. The Kier molecular flexibility index (Phi) is 8.63. The molecule has 2 rings (SSSR count). The Morgan fingerprint density at radius 3 is 2.53 bits per heavy atom. The molecule has 1 aromatic rings. The minimum absolute atomic E-state index is 0. The number of likely N-dealkylation sites (tertiary alicyclic amines) is 1. The van der Waals surface area contributed by atoms with Crippen LogP contribution in [-0.2, 0) is 6.42 Å². The fourth-order valence-electron chi connectivity index (χ4n) is 2.17. The van der Waals surface area contributed by atoms with Crippen LogP contribution in [-0.4, -0.2) is 30.5 Å². The summed E-state index contributed by atoms with van der Waals surface area (Å²) in [7, 11) is 0. The second-order valence-electron chi connectivity index (χ2n) is 4.60. The van der Waals surface area contributed by atoms with Gasteiger partial charge in [-0.05, 0) is 47.6 Å². The summed E-state index contributed by atoms with van der Waals surface area (Å²) in [5.41, 5.74) is 6.07. The molecule has 0 amide bonds. The van der Waals surface area contributed by atoms with Crippen LogP contribution >= 0.6 is 57.9 Å². The molecule has 19 heavy (non-hydrogen) atoms. The molecule has 0 unspecified atom stereocenters. The van der Waals surface area contributed by atoms with Crippen molar-refractivity contribution in [2.45, 2.75) is 32.1 Å². The van der Waals surface area contributed by atoms with Crippen molar-refractivity contribution in [3.63, 3.8) is 0 Å². The molecule has 0 atom stereocenters. The van der Waals surface area contributed by atoms with Crippen LogP contribution in [0, 0.1) is 2.88 Å². The number of hydrogen-bond acceptors (Lipinski definition) is 2. The number of thiophene rings is 1. The monoisotopic (exact) mass is 505 g/mol. The van der Waals surface area contributed by atoms with Gasteiger partial charge in [-0.2, -0.15) is 0 Å². The van der Waals surface area contributed by atoms with Gasteiger partial charge in [-0.25, -0.2) is 0 Å². The molecule has 1 aromatic heterocycles. The van der Waals surface area contributed by atoms with E-state index in [1.807, 2.05) is 11.3 Å². The lowest BCUT2D eigenvalue weighted by Gasteiger charge is -2.20. The zero-order chi connectivity index (χ0) is 12.8. The SMILES string of the molecule is I.NC(=NCCc1ccc(I)s1)N1CCCCCC1. The highest BCUT2D eigenvalue weighted by Crippen LogP contribution is 2.18. The Bertz CT molecular complexity index is 398. The van der Waals surface area contributed by atoms with Crippen LogP contribution in [0.5, 0.6) is 0 Å². The maximum Gasteiger partial charge on any atom is 0.191 e. The largest absolute Gasteiger partial charge is 0.370 e. The third-order valence-corrected chi connectivity index (χ3v) is 5.14. The van der Waals surface area contributed by atoms with E-state index in [1.54, 1.807) is 0 Å². The second-order valence-corrected chi connectivity index (χ2v) is 7.66. The van der Waals surface area contributed by atoms with E-state index in [4.69, 9.17) is 5.73 Å². The predicted octanol–water partition coefficient (Wildman–Crippen LogP) is 3.70. The third kappa shape index (κ3) is 6.16. The molecular weight excluding hydrogens is 484 g/mol. The molecule has 1 aliphatic rings. The first-order chi connectivity index (χ1) is 8.75. The lowest BCUT2D eigenvalue weighted by atomic mass is 10.2. The van der Waals surface area contributed by atoms with Crippen LogP contribution < -0.4 is 5.73 Å². The molecule has 2 heterocycles. The first kappa shape index (κ1) is 17.5. The topological polar surface area (TPSA) is 41.6 Å². The van der Waals surface area contributed by atoms with E-state index in [2.05, 4.69) is 44.6 Å². The van der Waals surface area contributed by atoms with Gasteiger partial charge >= 0.3 is 0 Å². The van der Waals surface area contributed by atoms with Gasteiger partial charge in [0.15, 0.2) is 5.96 Å². The molecule has 1 saturated heterocycles. The number of rotatable bonds is 3. The van der Waals surface area contributed by atoms with E-state index in [-0.39, 0.29) is 24.0 Å². The summed E-state index contributed by atoms with van der Waals surface area (Å²) in [5.74, 6) is 0.739. The molecule has 108 valence electrons. The van der Waals surface area contributed by atoms with Crippen LogP contribution in [0.2, 0.25) is 0 Å². The van der Waals surface area contributed by atoms with Crippen LogP contribution in [0.3, 0.4) is 0 Å². The van der Waals surface area contributed by atoms with Crippen LogP contribution in [0.4, 0.5) is 0 Å². The number of nitrogens with two attached hydrogens (primary N) is 1. The molecule has 0 aromatic carbocycles. The van der Waals surface area contributed by atoms with Crippen molar-refractivity contribution in [3.05, 3.63) is 19.9 Å². The maximum atomic E-state index is 6.07. The van der Waals surface area contributed by atoms with E-state index in [1.165, 1.54) is 33.4 Å². The van der Waals surface area contributed by atoms with Gasteiger partial charge < -0.3 is 10.6 Å². The summed E-state index contributed by atoms with van der Waals surface area (Å²) in [6.07, 6.45) is 6.16. The third-order valence-electron chi connectivity index (χ3n) is 3.19. The van der Waals surface area contributed by atoms with Crippen molar-refractivity contribution >= 4 is 63.9 Å². The van der Waals surface area contributed by atoms with E-state index >= 15 is 0 Å². The number of hydrogen-bond donors (Lipinski definition) is 1. The highest BCUT2D eigenvalue weighted by molar-refractivity contribution is 14.1. The Balaban J connectivity index is 0.00000180. The molecule has 2 N–H and O–H groups in total. The summed E-state index contributed by atoms with van der Waals surface area (Å²) in [6, 6.07) is 4.34. The van der Waals surface area contributed by atoms with E-state index in [0.29, 0.717) is 0 Å².